The molecule has 1 aromatic rings. The van der Waals surface area contributed by atoms with Gasteiger partial charge in [0.25, 0.3) is 0 Å². The third-order valence-electron chi connectivity index (χ3n) is 3.99. The zero-order valence-electron chi connectivity index (χ0n) is 12.2. The first kappa shape index (κ1) is 15.6. The summed E-state index contributed by atoms with van der Waals surface area (Å²) in [6.07, 6.45) is 1.20. The summed E-state index contributed by atoms with van der Waals surface area (Å²) in [5.74, 6) is -0.951. The number of carbonyl (C=O) groups excluding carboxylic acids is 1. The summed E-state index contributed by atoms with van der Waals surface area (Å²) in [4.78, 5) is 26.9. The average Bonchev–Trinajstić information content (AvgIpc) is 2.84. The second-order valence-corrected chi connectivity index (χ2v) is 6.04. The molecule has 1 atom stereocenters. The highest BCUT2D eigenvalue weighted by Gasteiger charge is 2.46. The molecule has 0 saturated carbocycles. The third-order valence-corrected chi connectivity index (χ3v) is 4.24. The first-order chi connectivity index (χ1) is 9.84. The van der Waals surface area contributed by atoms with Crippen molar-refractivity contribution >= 4 is 23.6 Å². The summed E-state index contributed by atoms with van der Waals surface area (Å²) < 4.78 is 0. The Kier molecular flexibility index (Phi) is 4.42. The smallest absolute Gasteiger partial charge is 0.329 e. The molecule has 5 nitrogen and oxygen atoms in total. The number of carboxylic acids is 1. The van der Waals surface area contributed by atoms with Gasteiger partial charge in [-0.1, -0.05) is 23.7 Å². The van der Waals surface area contributed by atoms with Crippen LogP contribution in [0, 0.1) is 0 Å². The minimum absolute atomic E-state index is 0.257. The lowest BCUT2D eigenvalue weighted by Crippen LogP contribution is -2.54. The van der Waals surface area contributed by atoms with Crippen molar-refractivity contribution in [3.05, 3.63) is 34.9 Å². The molecule has 2 rings (SSSR count). The lowest BCUT2D eigenvalue weighted by atomic mass is 10.00. The van der Waals surface area contributed by atoms with Crippen molar-refractivity contribution in [2.24, 2.45) is 0 Å². The number of urea groups is 1. The van der Waals surface area contributed by atoms with E-state index >= 15 is 0 Å². The Morgan fingerprint density at radius 2 is 2.00 bits per heavy atom. The van der Waals surface area contributed by atoms with Crippen LogP contribution in [-0.2, 0) is 11.3 Å². The molecule has 1 fully saturated rings. The number of nitrogens with zero attached hydrogens (tertiary/aromatic N) is 2. The fraction of sp³-hybridized carbons (Fsp3) is 0.467. The maximum absolute atomic E-state index is 12.5. The van der Waals surface area contributed by atoms with E-state index in [4.69, 9.17) is 11.6 Å². The minimum Gasteiger partial charge on any atom is -0.480 e. The van der Waals surface area contributed by atoms with E-state index in [1.807, 2.05) is 12.1 Å². The van der Waals surface area contributed by atoms with Gasteiger partial charge in [-0.2, -0.15) is 0 Å². The maximum atomic E-state index is 12.5. The maximum Gasteiger partial charge on any atom is 0.329 e. The number of likely N-dealkylation sites (tertiary alicyclic amines) is 1. The van der Waals surface area contributed by atoms with Crippen LogP contribution in [0.5, 0.6) is 0 Å². The number of rotatable bonds is 3. The summed E-state index contributed by atoms with van der Waals surface area (Å²) in [6.45, 7) is 2.51. The van der Waals surface area contributed by atoms with E-state index in [0.29, 0.717) is 31.0 Å². The van der Waals surface area contributed by atoms with Crippen molar-refractivity contribution in [3.63, 3.8) is 0 Å². The summed E-state index contributed by atoms with van der Waals surface area (Å²) >= 11 is 5.83. The Balaban J connectivity index is 2.08. The number of carbonyl (C=O) groups is 2. The second-order valence-electron chi connectivity index (χ2n) is 5.60. The van der Waals surface area contributed by atoms with E-state index in [2.05, 4.69) is 0 Å². The van der Waals surface area contributed by atoms with Crippen LogP contribution in [0.3, 0.4) is 0 Å². The number of halogens is 1. The summed E-state index contributed by atoms with van der Waals surface area (Å²) in [7, 11) is 1.68. The summed E-state index contributed by atoms with van der Waals surface area (Å²) in [6, 6.07) is 6.99. The lowest BCUT2D eigenvalue weighted by Gasteiger charge is -2.34. The number of benzene rings is 1. The Morgan fingerprint density at radius 3 is 2.57 bits per heavy atom. The molecule has 0 spiro atoms. The number of hydrogen-bond acceptors (Lipinski definition) is 2. The highest BCUT2D eigenvalue weighted by atomic mass is 35.5. The lowest BCUT2D eigenvalue weighted by molar-refractivity contribution is -0.147. The van der Waals surface area contributed by atoms with Crippen molar-refractivity contribution in [3.8, 4) is 0 Å². The van der Waals surface area contributed by atoms with Crippen LogP contribution in [0.15, 0.2) is 24.3 Å². The zero-order chi connectivity index (χ0) is 15.6. The highest BCUT2D eigenvalue weighted by Crippen LogP contribution is 2.30. The SMILES string of the molecule is CN(Cc1ccc(Cl)cc1)C(=O)N1CCCC1(C)C(=O)O. The van der Waals surface area contributed by atoms with Gasteiger partial charge in [0.1, 0.15) is 5.54 Å². The van der Waals surface area contributed by atoms with Crippen LogP contribution in [0.4, 0.5) is 4.79 Å². The van der Waals surface area contributed by atoms with Gasteiger partial charge in [-0.25, -0.2) is 9.59 Å². The number of hydrogen-bond donors (Lipinski definition) is 1. The summed E-state index contributed by atoms with van der Waals surface area (Å²) in [5.41, 5.74) is -0.155. The summed E-state index contributed by atoms with van der Waals surface area (Å²) in [5, 5.41) is 10.0. The molecule has 1 aromatic carbocycles. The van der Waals surface area contributed by atoms with Gasteiger partial charge in [0.2, 0.25) is 0 Å². The predicted molar refractivity (Wildman–Crippen MR) is 80.3 cm³/mol. The van der Waals surface area contributed by atoms with E-state index < -0.39 is 11.5 Å². The monoisotopic (exact) mass is 310 g/mol. The molecule has 1 unspecified atom stereocenters. The van der Waals surface area contributed by atoms with Gasteiger partial charge in [0.15, 0.2) is 0 Å². The predicted octanol–water partition coefficient (Wildman–Crippen LogP) is 2.83. The van der Waals surface area contributed by atoms with Gasteiger partial charge in [-0.05, 0) is 37.5 Å². The molecule has 0 aliphatic carbocycles. The van der Waals surface area contributed by atoms with E-state index in [0.717, 1.165) is 5.56 Å². The quantitative estimate of drug-likeness (QED) is 0.934. The molecule has 21 heavy (non-hydrogen) atoms. The Hall–Kier alpha value is -1.75. The van der Waals surface area contributed by atoms with Crippen LogP contribution in [0.2, 0.25) is 5.02 Å². The number of carboxylic acid groups (broad SMARTS) is 1. The Morgan fingerprint density at radius 1 is 1.38 bits per heavy atom. The normalized spacial score (nSPS) is 21.4. The minimum atomic E-state index is -1.11. The zero-order valence-corrected chi connectivity index (χ0v) is 12.9. The van der Waals surface area contributed by atoms with Gasteiger partial charge in [-0.3, -0.25) is 0 Å². The largest absolute Gasteiger partial charge is 0.480 e. The average molecular weight is 311 g/mol. The number of aliphatic carboxylic acids is 1. The first-order valence-electron chi connectivity index (χ1n) is 6.85. The molecule has 0 bridgehead atoms. The Bertz CT molecular complexity index is 546. The molecule has 1 aliphatic rings. The molecule has 1 heterocycles. The Labute approximate surface area is 129 Å². The highest BCUT2D eigenvalue weighted by molar-refractivity contribution is 6.30. The molecule has 0 aromatic heterocycles. The molecule has 1 aliphatic heterocycles. The van der Waals surface area contributed by atoms with Crippen LogP contribution < -0.4 is 0 Å². The topological polar surface area (TPSA) is 60.9 Å². The molecule has 114 valence electrons. The van der Waals surface area contributed by atoms with Crippen LogP contribution in [0.25, 0.3) is 0 Å². The number of amides is 2. The van der Waals surface area contributed by atoms with Gasteiger partial charge >= 0.3 is 12.0 Å². The fourth-order valence-corrected chi connectivity index (χ4v) is 2.76. The van der Waals surface area contributed by atoms with Crippen LogP contribution in [-0.4, -0.2) is 46.0 Å². The van der Waals surface area contributed by atoms with E-state index in [-0.39, 0.29) is 6.03 Å². The first-order valence-corrected chi connectivity index (χ1v) is 7.23. The molecule has 1 saturated heterocycles. The molecular formula is C15H19ClN2O3. The molecule has 1 N–H and O–H groups in total. The van der Waals surface area contributed by atoms with Crippen molar-refractivity contribution in [1.82, 2.24) is 9.80 Å². The van der Waals surface area contributed by atoms with Crippen molar-refractivity contribution in [2.45, 2.75) is 31.8 Å². The van der Waals surface area contributed by atoms with Gasteiger partial charge in [0, 0.05) is 25.2 Å². The van der Waals surface area contributed by atoms with Gasteiger partial charge < -0.3 is 14.9 Å². The van der Waals surface area contributed by atoms with Crippen molar-refractivity contribution < 1.29 is 14.7 Å². The van der Waals surface area contributed by atoms with E-state index in [1.165, 1.54) is 9.80 Å². The molecular weight excluding hydrogens is 292 g/mol. The molecule has 0 radical (unpaired) electrons. The van der Waals surface area contributed by atoms with E-state index in [9.17, 15) is 14.7 Å². The van der Waals surface area contributed by atoms with E-state index in [1.54, 1.807) is 26.1 Å². The van der Waals surface area contributed by atoms with Crippen molar-refractivity contribution in [1.29, 1.82) is 0 Å². The van der Waals surface area contributed by atoms with Gasteiger partial charge in [0.05, 0.1) is 0 Å². The standard InChI is InChI=1S/C15H19ClN2O3/c1-15(13(19)20)8-3-9-18(15)14(21)17(2)10-11-4-6-12(16)7-5-11/h4-7H,3,8-10H2,1-2H3,(H,19,20). The second kappa shape index (κ2) is 5.93. The van der Waals surface area contributed by atoms with Crippen LogP contribution >= 0.6 is 11.6 Å². The van der Waals surface area contributed by atoms with Gasteiger partial charge in [-0.15, -0.1) is 0 Å². The molecule has 6 heteroatoms. The van der Waals surface area contributed by atoms with Crippen molar-refractivity contribution in [2.75, 3.05) is 13.6 Å². The molecule has 2 amide bonds. The van der Waals surface area contributed by atoms with Crippen LogP contribution in [0.1, 0.15) is 25.3 Å². The fourth-order valence-electron chi connectivity index (χ4n) is 2.63. The third kappa shape index (κ3) is 3.13.